The highest BCUT2D eigenvalue weighted by molar-refractivity contribution is 4.63. The van der Waals surface area contributed by atoms with E-state index in [1.165, 1.54) is 89.9 Å². The molecule has 0 aromatic heterocycles. The first-order valence-electron chi connectivity index (χ1n) is 10.3. The average molecular weight is 327 g/mol. The lowest BCUT2D eigenvalue weighted by Crippen LogP contribution is -2.48. The van der Waals surface area contributed by atoms with Crippen molar-refractivity contribution >= 4 is 0 Å². The summed E-state index contributed by atoms with van der Waals surface area (Å²) < 4.78 is 0. The van der Waals surface area contributed by atoms with Crippen LogP contribution in [0.2, 0.25) is 0 Å². The van der Waals surface area contributed by atoms with Crippen LogP contribution in [-0.4, -0.2) is 30.8 Å². The second kappa shape index (κ2) is 15.4. The number of hydrogen-bond acceptors (Lipinski definition) is 4. The van der Waals surface area contributed by atoms with Crippen LogP contribution < -0.4 is 16.9 Å². The summed E-state index contributed by atoms with van der Waals surface area (Å²) in [6.07, 6.45) is 20.2. The summed E-state index contributed by atoms with van der Waals surface area (Å²) in [7, 11) is 0. The zero-order chi connectivity index (χ0) is 16.6. The Labute approximate surface area is 144 Å². The number of rotatable bonds is 0. The zero-order valence-electron chi connectivity index (χ0n) is 15.4. The Bertz CT molecular complexity index is 224. The second-order valence-corrected chi connectivity index (χ2v) is 7.29. The molecule has 1 saturated heterocycles. The van der Waals surface area contributed by atoms with Gasteiger partial charge in [0.15, 0.2) is 0 Å². The van der Waals surface area contributed by atoms with Gasteiger partial charge in [0.1, 0.15) is 0 Å². The molecule has 4 nitrogen and oxygen atoms in total. The number of nitrogens with one attached hydrogen (secondary N) is 1. The standard InChI is InChI=1S/C19H42N4/c20-19-15-17-22-16-13-11-9-7-5-3-1-2-4-6-8-10-12-14-18-23(19)21/h19,22H,1-18,20-21H2. The average Bonchev–Trinajstić information content (AvgIpc) is 2.55. The van der Waals surface area contributed by atoms with Gasteiger partial charge in [0.2, 0.25) is 0 Å². The van der Waals surface area contributed by atoms with Gasteiger partial charge < -0.3 is 11.1 Å². The topological polar surface area (TPSA) is 67.3 Å². The van der Waals surface area contributed by atoms with Gasteiger partial charge in [-0.05, 0) is 32.4 Å². The minimum absolute atomic E-state index is 0.00314. The van der Waals surface area contributed by atoms with Crippen molar-refractivity contribution in [1.82, 2.24) is 10.3 Å². The molecule has 138 valence electrons. The molecule has 1 unspecified atom stereocenters. The van der Waals surface area contributed by atoms with E-state index in [1.807, 2.05) is 5.01 Å². The van der Waals surface area contributed by atoms with Crippen molar-refractivity contribution in [2.75, 3.05) is 19.6 Å². The molecule has 5 N–H and O–H groups in total. The summed E-state index contributed by atoms with van der Waals surface area (Å²) in [6, 6.07) is 0. The van der Waals surface area contributed by atoms with Crippen molar-refractivity contribution in [2.45, 2.75) is 102 Å². The molecule has 1 atom stereocenters. The molecule has 0 aromatic rings. The Morgan fingerprint density at radius 3 is 1.57 bits per heavy atom. The van der Waals surface area contributed by atoms with Crippen molar-refractivity contribution in [3.63, 3.8) is 0 Å². The number of nitrogens with two attached hydrogens (primary N) is 2. The molecule has 1 rings (SSSR count). The summed E-state index contributed by atoms with van der Waals surface area (Å²) in [5, 5.41) is 5.34. The third-order valence-corrected chi connectivity index (χ3v) is 5.06. The first-order valence-corrected chi connectivity index (χ1v) is 10.3. The lowest BCUT2D eigenvalue weighted by Gasteiger charge is -2.24. The lowest BCUT2D eigenvalue weighted by molar-refractivity contribution is 0.189. The van der Waals surface area contributed by atoms with Crippen LogP contribution in [0.3, 0.4) is 0 Å². The predicted octanol–water partition coefficient (Wildman–Crippen LogP) is 3.90. The third-order valence-electron chi connectivity index (χ3n) is 5.06. The minimum atomic E-state index is -0.00314. The predicted molar refractivity (Wildman–Crippen MR) is 101 cm³/mol. The van der Waals surface area contributed by atoms with Crippen LogP contribution in [0.4, 0.5) is 0 Å². The molecule has 0 aliphatic carbocycles. The van der Waals surface area contributed by atoms with E-state index in [1.54, 1.807) is 0 Å². The van der Waals surface area contributed by atoms with Gasteiger partial charge in [-0.1, -0.05) is 77.0 Å². The molecular weight excluding hydrogens is 284 g/mol. The van der Waals surface area contributed by atoms with Crippen LogP contribution in [0.15, 0.2) is 0 Å². The maximum absolute atomic E-state index is 6.15. The summed E-state index contributed by atoms with van der Waals surface area (Å²) in [5.74, 6) is 6.07. The molecule has 0 saturated carbocycles. The maximum atomic E-state index is 6.15. The monoisotopic (exact) mass is 326 g/mol. The summed E-state index contributed by atoms with van der Waals surface area (Å²) in [4.78, 5) is 0. The first-order chi connectivity index (χ1) is 11.3. The van der Waals surface area contributed by atoms with Gasteiger partial charge in [-0.2, -0.15) is 0 Å². The highest BCUT2D eigenvalue weighted by Gasteiger charge is 2.09. The van der Waals surface area contributed by atoms with Crippen molar-refractivity contribution in [1.29, 1.82) is 0 Å². The first kappa shape index (κ1) is 20.9. The van der Waals surface area contributed by atoms with E-state index in [2.05, 4.69) is 5.32 Å². The molecule has 1 aliphatic rings. The van der Waals surface area contributed by atoms with Crippen LogP contribution in [0.25, 0.3) is 0 Å². The molecule has 1 heterocycles. The minimum Gasteiger partial charge on any atom is -0.317 e. The Kier molecular flexibility index (Phi) is 14.0. The molecular formula is C19H42N4. The Morgan fingerprint density at radius 1 is 0.609 bits per heavy atom. The van der Waals surface area contributed by atoms with Crippen LogP contribution in [0.5, 0.6) is 0 Å². The molecule has 0 spiro atoms. The molecule has 4 heteroatoms. The molecule has 0 bridgehead atoms. The number of hydrogen-bond donors (Lipinski definition) is 3. The van der Waals surface area contributed by atoms with Gasteiger partial charge in [-0.3, -0.25) is 5.84 Å². The Balaban J connectivity index is 2.16. The van der Waals surface area contributed by atoms with Crippen LogP contribution in [0, 0.1) is 0 Å². The molecule has 0 amide bonds. The zero-order valence-corrected chi connectivity index (χ0v) is 15.4. The summed E-state index contributed by atoms with van der Waals surface area (Å²) in [5.41, 5.74) is 6.15. The van der Waals surface area contributed by atoms with E-state index >= 15 is 0 Å². The van der Waals surface area contributed by atoms with Crippen LogP contribution >= 0.6 is 0 Å². The van der Waals surface area contributed by atoms with E-state index in [9.17, 15) is 0 Å². The van der Waals surface area contributed by atoms with Crippen LogP contribution in [-0.2, 0) is 0 Å². The van der Waals surface area contributed by atoms with Crippen molar-refractivity contribution in [3.05, 3.63) is 0 Å². The van der Waals surface area contributed by atoms with Gasteiger partial charge in [0.25, 0.3) is 0 Å². The van der Waals surface area contributed by atoms with Gasteiger partial charge >= 0.3 is 0 Å². The highest BCUT2D eigenvalue weighted by Crippen LogP contribution is 2.13. The second-order valence-electron chi connectivity index (χ2n) is 7.29. The van der Waals surface area contributed by atoms with Gasteiger partial charge in [-0.25, -0.2) is 5.01 Å². The number of hydrazine groups is 1. The Morgan fingerprint density at radius 2 is 1.04 bits per heavy atom. The van der Waals surface area contributed by atoms with E-state index in [-0.39, 0.29) is 6.17 Å². The Hall–Kier alpha value is -0.160. The normalized spacial score (nSPS) is 27.1. The quantitative estimate of drug-likeness (QED) is 0.591. The van der Waals surface area contributed by atoms with E-state index in [4.69, 9.17) is 11.6 Å². The van der Waals surface area contributed by atoms with Crippen molar-refractivity contribution in [2.24, 2.45) is 11.6 Å². The molecule has 1 fully saturated rings. The maximum Gasteiger partial charge on any atom is 0.0717 e. The van der Waals surface area contributed by atoms with Crippen molar-refractivity contribution in [3.8, 4) is 0 Å². The van der Waals surface area contributed by atoms with Crippen molar-refractivity contribution < 1.29 is 0 Å². The van der Waals surface area contributed by atoms with Crippen LogP contribution in [0.1, 0.15) is 96.3 Å². The third kappa shape index (κ3) is 12.9. The van der Waals surface area contributed by atoms with E-state index in [0.717, 1.165) is 26.1 Å². The van der Waals surface area contributed by atoms with E-state index in [0.29, 0.717) is 0 Å². The fourth-order valence-corrected chi connectivity index (χ4v) is 3.37. The lowest BCUT2D eigenvalue weighted by atomic mass is 10.0. The SMILES string of the molecule is NC1CCNCCCCCCCCCCCCCCCCN1N. The number of nitrogens with zero attached hydrogens (tertiary/aromatic N) is 1. The molecule has 0 aromatic carbocycles. The highest BCUT2D eigenvalue weighted by atomic mass is 15.4. The van der Waals surface area contributed by atoms with Gasteiger partial charge in [-0.15, -0.1) is 0 Å². The summed E-state index contributed by atoms with van der Waals surface area (Å²) in [6.45, 7) is 3.04. The van der Waals surface area contributed by atoms with E-state index < -0.39 is 0 Å². The largest absolute Gasteiger partial charge is 0.317 e. The molecule has 23 heavy (non-hydrogen) atoms. The molecule has 1 aliphatic heterocycles. The smallest absolute Gasteiger partial charge is 0.0717 e. The summed E-state index contributed by atoms with van der Waals surface area (Å²) >= 11 is 0. The fraction of sp³-hybridized carbons (Fsp3) is 1.00. The van der Waals surface area contributed by atoms with Gasteiger partial charge in [0.05, 0.1) is 6.17 Å². The fourth-order valence-electron chi connectivity index (χ4n) is 3.37. The van der Waals surface area contributed by atoms with Gasteiger partial charge in [0, 0.05) is 6.54 Å². The molecule has 0 radical (unpaired) electrons.